The summed E-state index contributed by atoms with van der Waals surface area (Å²) in [6.45, 7) is 14.6. The minimum absolute atomic E-state index is 0.0588. The van der Waals surface area contributed by atoms with E-state index in [9.17, 15) is 71.5 Å². The van der Waals surface area contributed by atoms with E-state index in [1.54, 1.807) is 0 Å². The molecule has 7 fully saturated rings. The molecule has 4 saturated heterocycles. The summed E-state index contributed by atoms with van der Waals surface area (Å²) in [5, 5.41) is 155. The molecule has 5 aliphatic carbocycles. The Balaban J connectivity index is 0.960. The lowest BCUT2D eigenvalue weighted by atomic mass is 9.35. The molecule has 4 aliphatic heterocycles. The smallest absolute Gasteiger partial charge is 0.311 e. The summed E-state index contributed by atoms with van der Waals surface area (Å²) >= 11 is 0. The maximum Gasteiger partial charge on any atom is 0.311 e. The summed E-state index contributed by atoms with van der Waals surface area (Å²) < 4.78 is 48.1. The fraction of sp³-hybridized carbons (Fsp3) is 0.926. The molecule has 76 heavy (non-hydrogen) atoms. The average Bonchev–Trinajstić information content (AvgIpc) is 3.40. The first-order chi connectivity index (χ1) is 35.5. The molecule has 3 saturated carbocycles. The molecule has 0 radical (unpaired) electrons. The van der Waals surface area contributed by atoms with Crippen LogP contribution in [0.15, 0.2) is 23.3 Å². The highest BCUT2D eigenvalue weighted by Gasteiger charge is 2.69. The zero-order chi connectivity index (χ0) is 55.6. The SMILES string of the molecule is C[C@@H]1O[C@@H](O[C@H]2[C@@H](O)[C@@H](C)O[C@@H](O[C@H]3[C@H](O)[C@@H](O)[C@H](O[C@H]4CC[C@@]5(C)[C@@H](CC[C@]6(C)[C@@H]5C=CC5=C7CC(C)(C)CC[C@]7(CO)CC[C@]56C)[C@]4(C)CO)O[C@@H]3CO)[C@@H]2O[C@]2(O)O[C@H](CO)[C@@H](O)[C@H](O)[C@H]2O)[C@H](O)[C@H](O)[C@H]1O. The van der Waals surface area contributed by atoms with Crippen LogP contribution in [-0.2, 0) is 37.9 Å². The first-order valence-corrected chi connectivity index (χ1v) is 27.5. The van der Waals surface area contributed by atoms with E-state index in [2.05, 4.69) is 46.8 Å². The summed E-state index contributed by atoms with van der Waals surface area (Å²) in [6, 6.07) is 0. The molecule has 9 aliphatic rings. The zero-order valence-corrected chi connectivity index (χ0v) is 45.1. The third kappa shape index (κ3) is 9.34. The molecule has 0 aromatic carbocycles. The summed E-state index contributed by atoms with van der Waals surface area (Å²) in [7, 11) is 0. The number of fused-ring (bicyclic) bond motifs is 6. The monoisotopic (exact) mass is 1090 g/mol. The molecule has 0 spiro atoms. The normalized spacial score (nSPS) is 55.3. The largest absolute Gasteiger partial charge is 0.396 e. The van der Waals surface area contributed by atoms with Crippen LogP contribution >= 0.6 is 0 Å². The number of hydrogen-bond donors (Lipinski definition) is 14. The van der Waals surface area contributed by atoms with E-state index in [0.29, 0.717) is 12.8 Å². The molecule has 0 amide bonds. The summed E-state index contributed by atoms with van der Waals surface area (Å²) in [4.78, 5) is 0. The third-order valence-corrected chi connectivity index (χ3v) is 21.1. The van der Waals surface area contributed by atoms with Gasteiger partial charge in [-0.1, -0.05) is 59.3 Å². The third-order valence-electron chi connectivity index (χ3n) is 21.1. The van der Waals surface area contributed by atoms with E-state index < -0.39 is 147 Å². The van der Waals surface area contributed by atoms with Gasteiger partial charge >= 0.3 is 5.97 Å². The summed E-state index contributed by atoms with van der Waals surface area (Å²) in [5.41, 5.74) is 1.32. The van der Waals surface area contributed by atoms with Gasteiger partial charge in [-0.2, -0.15) is 0 Å². The van der Waals surface area contributed by atoms with Gasteiger partial charge in [0, 0.05) is 10.8 Å². The van der Waals surface area contributed by atoms with Crippen molar-refractivity contribution < 1.29 is 109 Å². The second-order valence-electron chi connectivity index (χ2n) is 26.0. The van der Waals surface area contributed by atoms with Gasteiger partial charge in [-0.05, 0) is 111 Å². The van der Waals surface area contributed by atoms with Crippen LogP contribution in [-0.4, -0.2) is 227 Å². The fourth-order valence-electron chi connectivity index (χ4n) is 15.9. The van der Waals surface area contributed by atoms with E-state index >= 15 is 0 Å². The van der Waals surface area contributed by atoms with Crippen LogP contribution in [0.2, 0.25) is 0 Å². The molecule has 28 atom stereocenters. The highest BCUT2D eigenvalue weighted by molar-refractivity contribution is 5.46. The highest BCUT2D eigenvalue weighted by atomic mass is 16.9. The molecule has 0 aromatic heterocycles. The Kier molecular flexibility index (Phi) is 16.4. The molecule has 22 nitrogen and oxygen atoms in total. The molecule has 14 N–H and O–H groups in total. The van der Waals surface area contributed by atoms with Crippen molar-refractivity contribution >= 4 is 0 Å². The molecular formula is C54H88O22. The Hall–Kier alpha value is -1.40. The van der Waals surface area contributed by atoms with Gasteiger partial charge in [0.05, 0.1) is 44.7 Å². The van der Waals surface area contributed by atoms with Gasteiger partial charge in [0.25, 0.3) is 0 Å². The Morgan fingerprint density at radius 1 is 0.579 bits per heavy atom. The highest BCUT2D eigenvalue weighted by Crippen LogP contribution is 2.74. The topological polar surface area (TPSA) is 357 Å². The first kappa shape index (κ1) is 59.2. The van der Waals surface area contributed by atoms with Crippen molar-refractivity contribution in [3.05, 3.63) is 23.3 Å². The van der Waals surface area contributed by atoms with Gasteiger partial charge in [0.15, 0.2) is 25.0 Å². The molecular weight excluding hydrogens is 1000 g/mol. The van der Waals surface area contributed by atoms with Gasteiger partial charge in [-0.3, -0.25) is 0 Å². The van der Waals surface area contributed by atoms with Gasteiger partial charge in [-0.15, -0.1) is 0 Å². The second kappa shape index (κ2) is 21.1. The first-order valence-electron chi connectivity index (χ1n) is 27.5. The number of allylic oxidation sites excluding steroid dienone is 3. The maximum atomic E-state index is 12.0. The van der Waals surface area contributed by atoms with Gasteiger partial charge in [0.1, 0.15) is 79.4 Å². The average molecular weight is 1090 g/mol. The lowest BCUT2D eigenvalue weighted by molar-refractivity contribution is -0.485. The number of ether oxygens (including phenoxy) is 8. The lowest BCUT2D eigenvalue weighted by Crippen LogP contribution is -2.71. The van der Waals surface area contributed by atoms with Crippen molar-refractivity contribution in [3.63, 3.8) is 0 Å². The van der Waals surface area contributed by atoms with Crippen LogP contribution in [0.5, 0.6) is 0 Å². The molecule has 0 bridgehead atoms. The molecule has 22 heteroatoms. The van der Waals surface area contributed by atoms with Crippen molar-refractivity contribution in [2.45, 2.75) is 242 Å². The Morgan fingerprint density at radius 3 is 1.86 bits per heavy atom. The minimum Gasteiger partial charge on any atom is -0.396 e. The van der Waals surface area contributed by atoms with Crippen LogP contribution in [0.1, 0.15) is 113 Å². The van der Waals surface area contributed by atoms with Crippen molar-refractivity contribution in [3.8, 4) is 0 Å². The van der Waals surface area contributed by atoms with E-state index in [4.69, 9.17) is 37.9 Å². The summed E-state index contributed by atoms with van der Waals surface area (Å²) in [6.07, 6.45) is -22.4. The van der Waals surface area contributed by atoms with E-state index in [0.717, 1.165) is 44.9 Å². The molecule has 436 valence electrons. The van der Waals surface area contributed by atoms with E-state index in [1.807, 2.05) is 6.92 Å². The zero-order valence-electron chi connectivity index (χ0n) is 45.1. The minimum atomic E-state index is -3.34. The Bertz CT molecular complexity index is 2130. The standard InChI is InChI=1S/C54H88O22/c1-24-33(59)36(62)39(65)45(69-24)74-42-34(60)25(2)70-47(43(42)76-54(68)44(67)38(64)35(61)28(20-55)75-54)73-41-29(21-56)71-46(40(66)37(41)63)72-32-12-13-49(5)30(50(32,6)22-57)11-14-52(8)31(49)10-9-26-27-19-48(3,4)15-17-53(27,23-58)18-16-51(26,52)7/h9-10,24-25,28-47,55-68H,11-23H2,1-8H3/t24-,25+,28+,29+,30+,31+,32-,33-,34-,35+,36+,37+,38-,39+,40+,41+,42-,43+,44+,45-,46-,47-,49-,50-,51+,52+,53+,54+/m0/s1. The van der Waals surface area contributed by atoms with Crippen LogP contribution in [0.25, 0.3) is 0 Å². The number of aliphatic hydroxyl groups excluding tert-OH is 13. The molecule has 0 unspecified atom stereocenters. The quantitative estimate of drug-likeness (QED) is 0.0798. The van der Waals surface area contributed by atoms with Crippen LogP contribution in [0, 0.1) is 44.3 Å². The van der Waals surface area contributed by atoms with E-state index in [1.165, 1.54) is 25.0 Å². The number of aliphatic hydroxyl groups is 14. The van der Waals surface area contributed by atoms with Crippen molar-refractivity contribution in [2.75, 3.05) is 26.4 Å². The molecule has 0 aromatic rings. The Morgan fingerprint density at radius 2 is 1.20 bits per heavy atom. The van der Waals surface area contributed by atoms with Gasteiger partial charge in [0.2, 0.25) is 0 Å². The maximum absolute atomic E-state index is 12.0. The fourth-order valence-corrected chi connectivity index (χ4v) is 15.9. The predicted octanol–water partition coefficient (Wildman–Crippen LogP) is -1.29. The molecule has 9 rings (SSSR count). The number of hydrogen-bond acceptors (Lipinski definition) is 22. The Labute approximate surface area is 444 Å². The van der Waals surface area contributed by atoms with Gasteiger partial charge < -0.3 is 109 Å². The van der Waals surface area contributed by atoms with Crippen molar-refractivity contribution in [1.29, 1.82) is 0 Å². The summed E-state index contributed by atoms with van der Waals surface area (Å²) in [5.74, 6) is -3.26. The van der Waals surface area contributed by atoms with Gasteiger partial charge in [-0.25, -0.2) is 0 Å². The molecule has 4 heterocycles. The van der Waals surface area contributed by atoms with Crippen LogP contribution in [0.3, 0.4) is 0 Å². The van der Waals surface area contributed by atoms with Crippen LogP contribution in [0.4, 0.5) is 0 Å². The van der Waals surface area contributed by atoms with E-state index in [-0.39, 0.29) is 52.1 Å². The van der Waals surface area contributed by atoms with Crippen molar-refractivity contribution in [2.24, 2.45) is 44.3 Å². The second-order valence-corrected chi connectivity index (χ2v) is 26.0. The van der Waals surface area contributed by atoms with Crippen molar-refractivity contribution in [1.82, 2.24) is 0 Å². The van der Waals surface area contributed by atoms with Crippen LogP contribution < -0.4 is 0 Å². The lowest BCUT2D eigenvalue weighted by Gasteiger charge is -2.70. The number of rotatable bonds is 12. The predicted molar refractivity (Wildman–Crippen MR) is 262 cm³/mol.